The van der Waals surface area contributed by atoms with Crippen LogP contribution in [0.1, 0.15) is 12.2 Å². The highest BCUT2D eigenvalue weighted by molar-refractivity contribution is 9.10. The molecule has 2 rings (SSSR count). The fourth-order valence-electron chi connectivity index (χ4n) is 1.77. The molecule has 112 valence electrons. The number of carbonyl (C=O) groups is 1. The van der Waals surface area contributed by atoms with Crippen molar-refractivity contribution in [1.29, 1.82) is 0 Å². The van der Waals surface area contributed by atoms with Crippen LogP contribution in [0.25, 0.3) is 10.9 Å². The van der Waals surface area contributed by atoms with Crippen molar-refractivity contribution in [3.63, 3.8) is 0 Å². The number of hydrogen-bond donors (Lipinski definition) is 1. The van der Waals surface area contributed by atoms with Gasteiger partial charge in [0.1, 0.15) is 10.9 Å². The summed E-state index contributed by atoms with van der Waals surface area (Å²) in [5, 5.41) is 10.5. The molecule has 0 amide bonds. The number of hydrogen-bond acceptors (Lipinski definition) is 5. The lowest BCUT2D eigenvalue weighted by Gasteiger charge is -2.08. The van der Waals surface area contributed by atoms with Crippen molar-refractivity contribution in [1.82, 2.24) is 9.97 Å². The van der Waals surface area contributed by atoms with Gasteiger partial charge in [-0.2, -0.15) is 0 Å². The summed E-state index contributed by atoms with van der Waals surface area (Å²) in [6.07, 6.45) is 0.743. The van der Waals surface area contributed by atoms with Crippen LogP contribution < -0.4 is 0 Å². The molecule has 0 atom stereocenters. The minimum absolute atomic E-state index is 0.109. The molecule has 0 spiro atoms. The van der Waals surface area contributed by atoms with Crippen LogP contribution in [-0.2, 0) is 16.0 Å². The van der Waals surface area contributed by atoms with E-state index < -0.39 is 5.97 Å². The average molecular weight is 371 g/mol. The molecule has 1 aromatic carbocycles. The summed E-state index contributed by atoms with van der Waals surface area (Å²) in [5.41, 5.74) is 0.858. The number of benzene rings is 1. The van der Waals surface area contributed by atoms with Crippen LogP contribution in [0.3, 0.4) is 0 Å². The minimum Gasteiger partial charge on any atom is -0.481 e. The first-order chi connectivity index (χ1) is 10.1. The largest absolute Gasteiger partial charge is 0.481 e. The molecule has 0 radical (unpaired) electrons. The average Bonchev–Trinajstić information content (AvgIpc) is 2.45. The second-order valence-corrected chi connectivity index (χ2v) is 6.34. The number of ether oxygens (including phenoxy) is 1. The first-order valence-electron chi connectivity index (χ1n) is 6.40. The van der Waals surface area contributed by atoms with Gasteiger partial charge in [0.05, 0.1) is 18.5 Å². The van der Waals surface area contributed by atoms with Gasteiger partial charge in [-0.25, -0.2) is 9.97 Å². The summed E-state index contributed by atoms with van der Waals surface area (Å²) in [5.74, 6) is 0.392. The number of rotatable bonds is 7. The Labute approximate surface area is 135 Å². The molecule has 0 saturated carbocycles. The van der Waals surface area contributed by atoms with Crippen molar-refractivity contribution < 1.29 is 14.6 Å². The molecule has 0 aliphatic heterocycles. The zero-order chi connectivity index (χ0) is 15.2. The Kier molecular flexibility index (Phi) is 5.96. The molecule has 0 unspecified atom stereocenters. The van der Waals surface area contributed by atoms with Crippen molar-refractivity contribution >= 4 is 44.6 Å². The monoisotopic (exact) mass is 370 g/mol. The number of thioether (sulfide) groups is 1. The molecule has 5 nitrogen and oxygen atoms in total. The van der Waals surface area contributed by atoms with E-state index >= 15 is 0 Å². The van der Waals surface area contributed by atoms with Crippen molar-refractivity contribution in [3.8, 4) is 0 Å². The van der Waals surface area contributed by atoms with Crippen molar-refractivity contribution in [2.75, 3.05) is 19.5 Å². The van der Waals surface area contributed by atoms with E-state index in [9.17, 15) is 4.79 Å². The van der Waals surface area contributed by atoms with Gasteiger partial charge in [-0.05, 0) is 18.2 Å². The maximum Gasteiger partial charge on any atom is 0.304 e. The van der Waals surface area contributed by atoms with Crippen molar-refractivity contribution in [2.24, 2.45) is 0 Å². The lowest BCUT2D eigenvalue weighted by atomic mass is 10.2. The highest BCUT2D eigenvalue weighted by atomic mass is 79.9. The first kappa shape index (κ1) is 16.2. The van der Waals surface area contributed by atoms with Gasteiger partial charge < -0.3 is 9.84 Å². The second kappa shape index (κ2) is 7.72. The minimum atomic E-state index is -0.804. The van der Waals surface area contributed by atoms with E-state index in [0.29, 0.717) is 24.6 Å². The van der Waals surface area contributed by atoms with Crippen LogP contribution in [0.5, 0.6) is 0 Å². The smallest absolute Gasteiger partial charge is 0.304 e. The first-order valence-corrected chi connectivity index (χ1v) is 8.17. The summed E-state index contributed by atoms with van der Waals surface area (Å²) in [4.78, 5) is 19.7. The molecule has 0 aliphatic rings. The third-order valence-corrected chi connectivity index (χ3v) is 4.24. The van der Waals surface area contributed by atoms with Gasteiger partial charge in [0, 0.05) is 29.1 Å². The van der Waals surface area contributed by atoms with E-state index in [4.69, 9.17) is 9.84 Å². The second-order valence-electron chi connectivity index (χ2n) is 4.34. The molecule has 1 heterocycles. The summed E-state index contributed by atoms with van der Waals surface area (Å²) >= 11 is 4.88. The molecule has 0 aliphatic carbocycles. The van der Waals surface area contributed by atoms with Crippen LogP contribution in [0.2, 0.25) is 0 Å². The number of aliphatic carboxylic acids is 1. The van der Waals surface area contributed by atoms with Gasteiger partial charge in [-0.1, -0.05) is 15.9 Å². The molecule has 1 aromatic heterocycles. The van der Waals surface area contributed by atoms with Crippen molar-refractivity contribution in [2.45, 2.75) is 17.9 Å². The number of nitrogens with zero attached hydrogens (tertiary/aromatic N) is 2. The molecule has 0 saturated heterocycles. The van der Waals surface area contributed by atoms with Gasteiger partial charge >= 0.3 is 5.97 Å². The quantitative estimate of drug-likeness (QED) is 0.596. The Hall–Kier alpha value is -1.18. The standard InChI is InChI=1S/C14H15BrN2O3S/c1-20-6-4-12-16-11-3-2-9(15)8-10(11)14(17-12)21-7-5-13(18)19/h2-3,8H,4-7H2,1H3,(H,18,19). The van der Waals surface area contributed by atoms with Gasteiger partial charge in [-0.15, -0.1) is 11.8 Å². The van der Waals surface area contributed by atoms with Crippen LogP contribution in [-0.4, -0.2) is 40.5 Å². The molecule has 21 heavy (non-hydrogen) atoms. The lowest BCUT2D eigenvalue weighted by Crippen LogP contribution is -2.03. The SMILES string of the molecule is COCCc1nc(SCCC(=O)O)c2cc(Br)ccc2n1. The van der Waals surface area contributed by atoms with Gasteiger partial charge in [0.15, 0.2) is 0 Å². The van der Waals surface area contributed by atoms with E-state index in [-0.39, 0.29) is 6.42 Å². The number of fused-ring (bicyclic) bond motifs is 1. The fraction of sp³-hybridized carbons (Fsp3) is 0.357. The summed E-state index contributed by atoms with van der Waals surface area (Å²) < 4.78 is 6.00. The van der Waals surface area contributed by atoms with E-state index in [0.717, 1.165) is 20.4 Å². The molecular formula is C14H15BrN2O3S. The highest BCUT2D eigenvalue weighted by Crippen LogP contribution is 2.28. The maximum absolute atomic E-state index is 10.6. The van der Waals surface area contributed by atoms with Gasteiger partial charge in [-0.3, -0.25) is 4.79 Å². The summed E-state index contributed by atoms with van der Waals surface area (Å²) in [6.45, 7) is 0.557. The van der Waals surface area contributed by atoms with Crippen LogP contribution in [0.4, 0.5) is 0 Å². The zero-order valence-corrected chi connectivity index (χ0v) is 13.9. The molecule has 2 aromatic rings. The Morgan fingerprint density at radius 2 is 2.24 bits per heavy atom. The maximum atomic E-state index is 10.6. The Bertz CT molecular complexity index is 651. The Morgan fingerprint density at radius 3 is 2.95 bits per heavy atom. The number of methoxy groups -OCH3 is 1. The van der Waals surface area contributed by atoms with E-state index in [2.05, 4.69) is 25.9 Å². The molecular weight excluding hydrogens is 356 g/mol. The van der Waals surface area contributed by atoms with Crippen LogP contribution in [0.15, 0.2) is 27.7 Å². The summed E-state index contributed by atoms with van der Waals surface area (Å²) in [6, 6.07) is 5.82. The number of aromatic nitrogens is 2. The van der Waals surface area contributed by atoms with Gasteiger partial charge in [0.25, 0.3) is 0 Å². The molecule has 7 heteroatoms. The Balaban J connectivity index is 2.32. The summed E-state index contributed by atoms with van der Waals surface area (Å²) in [7, 11) is 1.64. The topological polar surface area (TPSA) is 72.3 Å². The van der Waals surface area contributed by atoms with E-state index in [1.165, 1.54) is 11.8 Å². The van der Waals surface area contributed by atoms with E-state index in [1.54, 1.807) is 7.11 Å². The third kappa shape index (κ3) is 4.66. The molecule has 0 fully saturated rings. The van der Waals surface area contributed by atoms with E-state index in [1.807, 2.05) is 18.2 Å². The fourth-order valence-corrected chi connectivity index (χ4v) is 3.09. The van der Waals surface area contributed by atoms with Gasteiger partial charge in [0.2, 0.25) is 0 Å². The normalized spacial score (nSPS) is 11.0. The zero-order valence-electron chi connectivity index (χ0n) is 11.5. The Morgan fingerprint density at radius 1 is 1.43 bits per heavy atom. The third-order valence-electron chi connectivity index (χ3n) is 2.75. The van der Waals surface area contributed by atoms with Crippen LogP contribution in [0, 0.1) is 0 Å². The highest BCUT2D eigenvalue weighted by Gasteiger charge is 2.10. The number of halogens is 1. The molecule has 1 N–H and O–H groups in total. The van der Waals surface area contributed by atoms with Crippen LogP contribution >= 0.6 is 27.7 Å². The lowest BCUT2D eigenvalue weighted by molar-refractivity contribution is -0.136. The number of carboxylic acids is 1. The predicted octanol–water partition coefficient (Wildman–Crippen LogP) is 3.15. The number of carboxylic acid groups (broad SMARTS) is 1. The molecule has 0 bridgehead atoms. The predicted molar refractivity (Wildman–Crippen MR) is 85.8 cm³/mol. The van der Waals surface area contributed by atoms with Crippen molar-refractivity contribution in [3.05, 3.63) is 28.5 Å².